The summed E-state index contributed by atoms with van der Waals surface area (Å²) in [5, 5.41) is 2.97. The van der Waals surface area contributed by atoms with E-state index in [1.165, 1.54) is 0 Å². The molecule has 1 aliphatic rings. The van der Waals surface area contributed by atoms with E-state index in [4.69, 9.17) is 4.74 Å². The van der Waals surface area contributed by atoms with Gasteiger partial charge in [0.2, 0.25) is 5.91 Å². The molecule has 0 bridgehead atoms. The molecule has 0 saturated carbocycles. The van der Waals surface area contributed by atoms with Crippen molar-refractivity contribution in [3.63, 3.8) is 0 Å². The zero-order valence-electron chi connectivity index (χ0n) is 14.3. The third-order valence-corrected chi connectivity index (χ3v) is 4.59. The van der Waals surface area contributed by atoms with Crippen molar-refractivity contribution in [2.75, 3.05) is 6.61 Å². The average Bonchev–Trinajstić information content (AvgIpc) is 3.19. The lowest BCUT2D eigenvalue weighted by Crippen LogP contribution is -2.43. The Morgan fingerprint density at radius 2 is 2.04 bits per heavy atom. The zero-order chi connectivity index (χ0) is 17.1. The van der Waals surface area contributed by atoms with E-state index in [9.17, 15) is 9.59 Å². The molecule has 130 valence electrons. The van der Waals surface area contributed by atoms with Crippen LogP contribution in [-0.4, -0.2) is 33.8 Å². The lowest BCUT2D eigenvalue weighted by molar-refractivity contribution is -0.123. The van der Waals surface area contributed by atoms with Crippen LogP contribution < -0.4 is 11.0 Å². The van der Waals surface area contributed by atoms with Crippen LogP contribution in [0.3, 0.4) is 0 Å². The molecule has 1 aromatic carbocycles. The van der Waals surface area contributed by atoms with Crippen molar-refractivity contribution in [2.45, 2.75) is 58.3 Å². The van der Waals surface area contributed by atoms with Crippen molar-refractivity contribution in [3.05, 3.63) is 34.7 Å². The van der Waals surface area contributed by atoms with Gasteiger partial charge in [0.05, 0.1) is 23.2 Å². The van der Waals surface area contributed by atoms with Crippen LogP contribution in [0.25, 0.3) is 11.0 Å². The van der Waals surface area contributed by atoms with Gasteiger partial charge in [0.15, 0.2) is 0 Å². The lowest BCUT2D eigenvalue weighted by atomic mass is 10.1. The highest BCUT2D eigenvalue weighted by Gasteiger charge is 2.24. The minimum atomic E-state index is -0.153. The highest BCUT2D eigenvalue weighted by Crippen LogP contribution is 2.16. The van der Waals surface area contributed by atoms with E-state index in [1.807, 2.05) is 38.1 Å². The van der Waals surface area contributed by atoms with E-state index in [1.54, 1.807) is 9.13 Å². The molecule has 0 spiro atoms. The van der Waals surface area contributed by atoms with E-state index in [-0.39, 0.29) is 30.3 Å². The fourth-order valence-corrected chi connectivity index (χ4v) is 3.40. The fraction of sp³-hybridized carbons (Fsp3) is 0.556. The van der Waals surface area contributed by atoms with Crippen molar-refractivity contribution in [1.29, 1.82) is 0 Å². The number of rotatable bonds is 6. The van der Waals surface area contributed by atoms with E-state index in [0.29, 0.717) is 6.54 Å². The summed E-state index contributed by atoms with van der Waals surface area (Å²) in [6.45, 7) is 5.44. The maximum atomic E-state index is 12.7. The van der Waals surface area contributed by atoms with Gasteiger partial charge in [-0.1, -0.05) is 19.1 Å². The molecule has 1 aliphatic heterocycles. The van der Waals surface area contributed by atoms with E-state index >= 15 is 0 Å². The third-order valence-electron chi connectivity index (χ3n) is 4.59. The molecule has 2 heterocycles. The Labute approximate surface area is 141 Å². The second-order valence-corrected chi connectivity index (χ2v) is 6.42. The first kappa shape index (κ1) is 16.8. The molecule has 0 aliphatic carbocycles. The van der Waals surface area contributed by atoms with Crippen LogP contribution in [0.15, 0.2) is 29.1 Å². The molecule has 2 atom stereocenters. The van der Waals surface area contributed by atoms with Gasteiger partial charge in [0, 0.05) is 13.2 Å². The predicted octanol–water partition coefficient (Wildman–Crippen LogP) is 1.90. The number of carbonyl (C=O) groups is 1. The van der Waals surface area contributed by atoms with E-state index < -0.39 is 0 Å². The molecule has 24 heavy (non-hydrogen) atoms. The molecule has 1 amide bonds. The minimum Gasteiger partial charge on any atom is -0.376 e. The Hall–Kier alpha value is -2.08. The monoisotopic (exact) mass is 331 g/mol. The highest BCUT2D eigenvalue weighted by molar-refractivity contribution is 5.81. The molecule has 0 radical (unpaired) electrons. The maximum Gasteiger partial charge on any atom is 0.329 e. The van der Waals surface area contributed by atoms with Crippen LogP contribution in [0.5, 0.6) is 0 Å². The number of imidazole rings is 1. The molecule has 1 N–H and O–H groups in total. The first-order valence-corrected chi connectivity index (χ1v) is 8.71. The standard InChI is InChI=1S/C18H25N3O3/c1-3-10-20-14-7-4-5-8-15(14)21(18(20)23)12-17(22)19-13(2)16-9-6-11-24-16/h4-5,7-8,13,16H,3,6,9-12H2,1-2H3,(H,19,22). The molecule has 2 unspecified atom stereocenters. The summed E-state index contributed by atoms with van der Waals surface area (Å²) in [6.07, 6.45) is 2.95. The second kappa shape index (κ2) is 7.21. The maximum absolute atomic E-state index is 12.7. The molecule has 2 aromatic rings. The van der Waals surface area contributed by atoms with Crippen molar-refractivity contribution in [1.82, 2.24) is 14.5 Å². The first-order chi connectivity index (χ1) is 11.6. The van der Waals surface area contributed by atoms with Gasteiger partial charge in [0.1, 0.15) is 6.54 Å². The van der Waals surface area contributed by atoms with Crippen LogP contribution in [0.1, 0.15) is 33.1 Å². The Balaban J connectivity index is 1.80. The summed E-state index contributed by atoms with van der Waals surface area (Å²) in [7, 11) is 0. The van der Waals surface area contributed by atoms with Crippen LogP contribution in [0.2, 0.25) is 0 Å². The lowest BCUT2D eigenvalue weighted by Gasteiger charge is -2.20. The van der Waals surface area contributed by atoms with Gasteiger partial charge in [0.25, 0.3) is 0 Å². The number of benzene rings is 1. The summed E-state index contributed by atoms with van der Waals surface area (Å²) < 4.78 is 8.91. The molecular formula is C18H25N3O3. The highest BCUT2D eigenvalue weighted by atomic mass is 16.5. The van der Waals surface area contributed by atoms with Gasteiger partial charge in [-0.2, -0.15) is 0 Å². The second-order valence-electron chi connectivity index (χ2n) is 6.42. The normalized spacial score (nSPS) is 18.8. The Morgan fingerprint density at radius 1 is 1.33 bits per heavy atom. The van der Waals surface area contributed by atoms with Gasteiger partial charge in [-0.25, -0.2) is 4.79 Å². The molecule has 1 saturated heterocycles. The fourth-order valence-electron chi connectivity index (χ4n) is 3.40. The molecule has 1 aromatic heterocycles. The summed E-state index contributed by atoms with van der Waals surface area (Å²) in [4.78, 5) is 25.1. The number of aromatic nitrogens is 2. The number of amides is 1. The minimum absolute atomic E-state index is 0.0348. The summed E-state index contributed by atoms with van der Waals surface area (Å²) in [6, 6.07) is 7.58. The number of carbonyl (C=O) groups excluding carboxylic acids is 1. The predicted molar refractivity (Wildman–Crippen MR) is 93.1 cm³/mol. The number of para-hydroxylation sites is 2. The SMILES string of the molecule is CCCn1c(=O)n(CC(=O)NC(C)C2CCCO2)c2ccccc21. The molecular weight excluding hydrogens is 306 g/mol. The summed E-state index contributed by atoms with van der Waals surface area (Å²) in [5.41, 5.74) is 1.55. The van der Waals surface area contributed by atoms with Gasteiger partial charge in [-0.05, 0) is 38.3 Å². The average molecular weight is 331 g/mol. The van der Waals surface area contributed by atoms with Crippen molar-refractivity contribution < 1.29 is 9.53 Å². The van der Waals surface area contributed by atoms with E-state index in [0.717, 1.165) is 36.9 Å². The van der Waals surface area contributed by atoms with Crippen LogP contribution in [0, 0.1) is 0 Å². The summed E-state index contributed by atoms with van der Waals surface area (Å²) in [5.74, 6) is -0.153. The van der Waals surface area contributed by atoms with Crippen LogP contribution in [-0.2, 0) is 22.6 Å². The number of hydrogen-bond acceptors (Lipinski definition) is 3. The number of nitrogens with one attached hydrogen (secondary N) is 1. The first-order valence-electron chi connectivity index (χ1n) is 8.71. The van der Waals surface area contributed by atoms with Crippen LogP contribution >= 0.6 is 0 Å². The molecule has 6 nitrogen and oxygen atoms in total. The molecule has 3 rings (SSSR count). The summed E-state index contributed by atoms with van der Waals surface area (Å²) >= 11 is 0. The van der Waals surface area contributed by atoms with Gasteiger partial charge >= 0.3 is 5.69 Å². The number of nitrogens with zero attached hydrogens (tertiary/aromatic N) is 2. The van der Waals surface area contributed by atoms with Gasteiger partial charge in [-0.3, -0.25) is 13.9 Å². The topological polar surface area (TPSA) is 65.3 Å². The molecule has 1 fully saturated rings. The Kier molecular flexibility index (Phi) is 5.04. The number of hydrogen-bond donors (Lipinski definition) is 1. The Bertz CT molecular complexity index is 771. The number of aryl methyl sites for hydroxylation is 1. The number of ether oxygens (including phenoxy) is 1. The van der Waals surface area contributed by atoms with Gasteiger partial charge < -0.3 is 10.1 Å². The van der Waals surface area contributed by atoms with Crippen molar-refractivity contribution in [2.24, 2.45) is 0 Å². The van der Waals surface area contributed by atoms with Crippen molar-refractivity contribution in [3.8, 4) is 0 Å². The number of fused-ring (bicyclic) bond motifs is 1. The van der Waals surface area contributed by atoms with Crippen molar-refractivity contribution >= 4 is 16.9 Å². The van der Waals surface area contributed by atoms with Gasteiger partial charge in [-0.15, -0.1) is 0 Å². The van der Waals surface area contributed by atoms with E-state index in [2.05, 4.69) is 5.32 Å². The third kappa shape index (κ3) is 3.24. The quantitative estimate of drug-likeness (QED) is 0.879. The largest absolute Gasteiger partial charge is 0.376 e. The Morgan fingerprint density at radius 3 is 2.67 bits per heavy atom. The molecule has 6 heteroatoms. The van der Waals surface area contributed by atoms with Crippen LogP contribution in [0.4, 0.5) is 0 Å². The zero-order valence-corrected chi connectivity index (χ0v) is 14.3. The smallest absolute Gasteiger partial charge is 0.329 e.